The summed E-state index contributed by atoms with van der Waals surface area (Å²) in [6, 6.07) is 0.254. The molecule has 0 spiro atoms. The second kappa shape index (κ2) is 6.66. The first kappa shape index (κ1) is 12.2. The third kappa shape index (κ3) is 5.42. The number of carbonyl (C=O) groups excluding carboxylic acids is 1. The van der Waals surface area contributed by atoms with Crippen molar-refractivity contribution in [2.45, 2.75) is 26.3 Å². The zero-order valence-electron chi connectivity index (χ0n) is 8.84. The molecule has 1 unspecified atom stereocenters. The van der Waals surface area contributed by atoms with Gasteiger partial charge in [-0.05, 0) is 13.5 Å². The topological polar surface area (TPSA) is 32.3 Å². The molecule has 1 amide bonds. The fourth-order valence-electron chi connectivity index (χ4n) is 1.13. The minimum absolute atomic E-state index is 0.161. The Morgan fingerprint density at radius 3 is 2.77 bits per heavy atom. The van der Waals surface area contributed by atoms with Crippen molar-refractivity contribution < 1.29 is 4.79 Å². The monoisotopic (exact) mass is 184 g/mol. The van der Waals surface area contributed by atoms with Crippen molar-refractivity contribution in [1.29, 1.82) is 0 Å². The molecule has 3 heteroatoms. The Labute approximate surface area is 80.8 Å². The summed E-state index contributed by atoms with van der Waals surface area (Å²) in [7, 11) is 1.79. The van der Waals surface area contributed by atoms with Gasteiger partial charge in [0.1, 0.15) is 0 Å². The first-order chi connectivity index (χ1) is 6.11. The van der Waals surface area contributed by atoms with Crippen LogP contribution in [0.1, 0.15) is 20.3 Å². The first-order valence-electron chi connectivity index (χ1n) is 4.70. The Balaban J connectivity index is 3.77. The van der Waals surface area contributed by atoms with Gasteiger partial charge in [0.15, 0.2) is 0 Å². The molecular formula is C10H20N2O. The fourth-order valence-corrected chi connectivity index (χ4v) is 1.13. The van der Waals surface area contributed by atoms with E-state index in [9.17, 15) is 4.79 Å². The Morgan fingerprint density at radius 2 is 2.31 bits per heavy atom. The van der Waals surface area contributed by atoms with Gasteiger partial charge in [0.25, 0.3) is 0 Å². The van der Waals surface area contributed by atoms with Crippen LogP contribution in [0.2, 0.25) is 0 Å². The number of amides is 1. The highest BCUT2D eigenvalue weighted by molar-refractivity contribution is 5.76. The maximum Gasteiger partial charge on any atom is 0.224 e. The smallest absolute Gasteiger partial charge is 0.224 e. The molecule has 3 nitrogen and oxygen atoms in total. The van der Waals surface area contributed by atoms with Crippen molar-refractivity contribution in [2.75, 3.05) is 20.1 Å². The van der Waals surface area contributed by atoms with Crippen LogP contribution in [0.3, 0.4) is 0 Å². The van der Waals surface area contributed by atoms with Crippen LogP contribution in [0.15, 0.2) is 12.7 Å². The lowest BCUT2D eigenvalue weighted by molar-refractivity contribution is -0.129. The predicted octanol–water partition coefficient (Wildman–Crippen LogP) is 1.02. The van der Waals surface area contributed by atoms with E-state index >= 15 is 0 Å². The minimum atomic E-state index is 0.161. The zero-order chi connectivity index (χ0) is 10.3. The largest absolute Gasteiger partial charge is 0.342 e. The SMILES string of the molecule is C=CCN(C)C(=O)CC(C)NCC. The van der Waals surface area contributed by atoms with E-state index in [0.29, 0.717) is 13.0 Å². The number of hydrogen-bond donors (Lipinski definition) is 1. The molecule has 0 aliphatic heterocycles. The summed E-state index contributed by atoms with van der Waals surface area (Å²) in [6.45, 7) is 9.17. The van der Waals surface area contributed by atoms with Crippen LogP contribution in [-0.4, -0.2) is 37.0 Å². The summed E-state index contributed by atoms with van der Waals surface area (Å²) in [5, 5.41) is 3.20. The number of carbonyl (C=O) groups is 1. The fraction of sp³-hybridized carbons (Fsp3) is 0.700. The Hall–Kier alpha value is -0.830. The van der Waals surface area contributed by atoms with E-state index in [1.807, 2.05) is 13.8 Å². The molecular weight excluding hydrogens is 164 g/mol. The standard InChI is InChI=1S/C10H20N2O/c1-5-7-12(4)10(13)8-9(3)11-6-2/h5,9,11H,1,6-8H2,2-4H3. The van der Waals surface area contributed by atoms with Crippen LogP contribution in [0.25, 0.3) is 0 Å². The third-order valence-electron chi connectivity index (χ3n) is 1.86. The molecule has 1 N–H and O–H groups in total. The molecule has 0 aliphatic rings. The van der Waals surface area contributed by atoms with Crippen LogP contribution >= 0.6 is 0 Å². The van der Waals surface area contributed by atoms with Gasteiger partial charge in [-0.3, -0.25) is 4.79 Å². The normalized spacial score (nSPS) is 12.2. The summed E-state index contributed by atoms with van der Waals surface area (Å²) in [5.74, 6) is 0.161. The van der Waals surface area contributed by atoms with Gasteiger partial charge in [0.05, 0.1) is 0 Å². The molecule has 0 heterocycles. The molecule has 0 aliphatic carbocycles. The minimum Gasteiger partial charge on any atom is -0.342 e. The molecule has 1 atom stereocenters. The van der Waals surface area contributed by atoms with Gasteiger partial charge in [0, 0.05) is 26.1 Å². The summed E-state index contributed by atoms with van der Waals surface area (Å²) in [6.07, 6.45) is 2.29. The van der Waals surface area contributed by atoms with E-state index in [0.717, 1.165) is 6.54 Å². The van der Waals surface area contributed by atoms with E-state index in [-0.39, 0.29) is 11.9 Å². The number of nitrogens with one attached hydrogen (secondary N) is 1. The van der Waals surface area contributed by atoms with Crippen molar-refractivity contribution in [3.8, 4) is 0 Å². The summed E-state index contributed by atoms with van der Waals surface area (Å²) in [4.78, 5) is 13.1. The molecule has 0 radical (unpaired) electrons. The molecule has 0 fully saturated rings. The quantitative estimate of drug-likeness (QED) is 0.625. The molecule has 0 aromatic rings. The molecule has 0 aromatic heterocycles. The zero-order valence-corrected chi connectivity index (χ0v) is 8.84. The average Bonchev–Trinajstić information content (AvgIpc) is 2.05. The molecule has 0 saturated heterocycles. The highest BCUT2D eigenvalue weighted by Gasteiger charge is 2.10. The maximum absolute atomic E-state index is 11.5. The van der Waals surface area contributed by atoms with Gasteiger partial charge >= 0.3 is 0 Å². The van der Waals surface area contributed by atoms with Crippen LogP contribution in [-0.2, 0) is 4.79 Å². The van der Waals surface area contributed by atoms with Crippen molar-refractivity contribution in [2.24, 2.45) is 0 Å². The second-order valence-corrected chi connectivity index (χ2v) is 3.23. The van der Waals surface area contributed by atoms with Gasteiger partial charge in [-0.1, -0.05) is 13.0 Å². The lowest BCUT2D eigenvalue weighted by Crippen LogP contribution is -2.34. The lowest BCUT2D eigenvalue weighted by Gasteiger charge is -2.18. The molecule has 0 aromatic carbocycles. The lowest BCUT2D eigenvalue weighted by atomic mass is 10.2. The van der Waals surface area contributed by atoms with E-state index in [1.54, 1.807) is 18.0 Å². The Kier molecular flexibility index (Phi) is 6.24. The molecule has 0 rings (SSSR count). The van der Waals surface area contributed by atoms with Crippen molar-refractivity contribution in [3.63, 3.8) is 0 Å². The van der Waals surface area contributed by atoms with Gasteiger partial charge in [-0.2, -0.15) is 0 Å². The number of likely N-dealkylation sites (N-methyl/N-ethyl adjacent to an activating group) is 1. The van der Waals surface area contributed by atoms with Crippen LogP contribution < -0.4 is 5.32 Å². The van der Waals surface area contributed by atoms with Gasteiger partial charge in [-0.25, -0.2) is 0 Å². The van der Waals surface area contributed by atoms with Crippen molar-refractivity contribution in [3.05, 3.63) is 12.7 Å². The molecule has 0 saturated carbocycles. The van der Waals surface area contributed by atoms with Crippen LogP contribution in [0, 0.1) is 0 Å². The second-order valence-electron chi connectivity index (χ2n) is 3.23. The average molecular weight is 184 g/mol. The van der Waals surface area contributed by atoms with Gasteiger partial charge < -0.3 is 10.2 Å². The van der Waals surface area contributed by atoms with Gasteiger partial charge in [0.2, 0.25) is 5.91 Å². The highest BCUT2D eigenvalue weighted by atomic mass is 16.2. The van der Waals surface area contributed by atoms with Crippen molar-refractivity contribution >= 4 is 5.91 Å². The first-order valence-corrected chi connectivity index (χ1v) is 4.70. The predicted molar refractivity (Wildman–Crippen MR) is 55.6 cm³/mol. The number of hydrogen-bond acceptors (Lipinski definition) is 2. The summed E-state index contributed by atoms with van der Waals surface area (Å²) in [5.41, 5.74) is 0. The number of nitrogens with zero attached hydrogens (tertiary/aromatic N) is 1. The van der Waals surface area contributed by atoms with Gasteiger partial charge in [-0.15, -0.1) is 6.58 Å². The summed E-state index contributed by atoms with van der Waals surface area (Å²) >= 11 is 0. The van der Waals surface area contributed by atoms with Crippen LogP contribution in [0.4, 0.5) is 0 Å². The number of rotatable bonds is 6. The summed E-state index contributed by atoms with van der Waals surface area (Å²) < 4.78 is 0. The van der Waals surface area contributed by atoms with Crippen molar-refractivity contribution in [1.82, 2.24) is 10.2 Å². The van der Waals surface area contributed by atoms with E-state index in [2.05, 4.69) is 11.9 Å². The van der Waals surface area contributed by atoms with E-state index in [1.165, 1.54) is 0 Å². The highest BCUT2D eigenvalue weighted by Crippen LogP contribution is 1.96. The third-order valence-corrected chi connectivity index (χ3v) is 1.86. The molecule has 13 heavy (non-hydrogen) atoms. The van der Waals surface area contributed by atoms with Crippen LogP contribution in [0.5, 0.6) is 0 Å². The maximum atomic E-state index is 11.5. The Morgan fingerprint density at radius 1 is 1.69 bits per heavy atom. The Bertz CT molecular complexity index is 168. The molecule has 0 bridgehead atoms. The van der Waals surface area contributed by atoms with E-state index in [4.69, 9.17) is 0 Å². The van der Waals surface area contributed by atoms with E-state index < -0.39 is 0 Å². The molecule has 76 valence electrons.